The number of hydrogen-bond donors (Lipinski definition) is 1. The monoisotopic (exact) mass is 311 g/mol. The van der Waals surface area contributed by atoms with E-state index in [9.17, 15) is 0 Å². The van der Waals surface area contributed by atoms with E-state index in [1.165, 1.54) is 0 Å². The van der Waals surface area contributed by atoms with Crippen LogP contribution >= 0.6 is 0 Å². The van der Waals surface area contributed by atoms with Crippen molar-refractivity contribution in [1.29, 1.82) is 0 Å². The predicted octanol–water partition coefficient (Wildman–Crippen LogP) is 2.87. The first kappa shape index (κ1) is 14.0. The minimum atomic E-state index is -0.145. The topological polar surface area (TPSA) is 69.4 Å². The van der Waals surface area contributed by atoms with Gasteiger partial charge in [0, 0.05) is 18.9 Å². The Morgan fingerprint density at radius 2 is 2.04 bits per heavy atom. The van der Waals surface area contributed by atoms with Gasteiger partial charge in [-0.25, -0.2) is 4.98 Å². The van der Waals surface area contributed by atoms with Gasteiger partial charge in [-0.1, -0.05) is 18.2 Å². The van der Waals surface area contributed by atoms with Crippen molar-refractivity contribution in [1.82, 2.24) is 9.97 Å². The fourth-order valence-corrected chi connectivity index (χ4v) is 2.66. The van der Waals surface area contributed by atoms with Gasteiger partial charge in [0.25, 0.3) is 6.01 Å². The minimum absolute atomic E-state index is 0.0545. The highest BCUT2D eigenvalue weighted by Crippen LogP contribution is 2.22. The number of ether oxygens (including phenoxy) is 2. The van der Waals surface area contributed by atoms with Crippen LogP contribution in [-0.2, 0) is 4.74 Å². The minimum Gasteiger partial charge on any atom is -0.470 e. The van der Waals surface area contributed by atoms with Crippen molar-refractivity contribution in [2.24, 2.45) is 0 Å². The zero-order chi connectivity index (χ0) is 15.5. The van der Waals surface area contributed by atoms with Crippen LogP contribution in [0.15, 0.2) is 53.1 Å². The molecule has 2 atom stereocenters. The van der Waals surface area contributed by atoms with Crippen molar-refractivity contribution >= 4 is 17.1 Å². The molecule has 1 fully saturated rings. The molecule has 1 saturated heterocycles. The van der Waals surface area contributed by atoms with Crippen LogP contribution in [0.25, 0.3) is 11.1 Å². The molecule has 3 aromatic rings. The first-order valence-electron chi connectivity index (χ1n) is 7.66. The molecule has 6 heteroatoms. The summed E-state index contributed by atoms with van der Waals surface area (Å²) >= 11 is 0. The van der Waals surface area contributed by atoms with Gasteiger partial charge >= 0.3 is 0 Å². The van der Waals surface area contributed by atoms with Gasteiger partial charge in [-0.05, 0) is 24.6 Å². The first-order valence-corrected chi connectivity index (χ1v) is 7.66. The van der Waals surface area contributed by atoms with Crippen molar-refractivity contribution < 1.29 is 13.9 Å². The van der Waals surface area contributed by atoms with Crippen LogP contribution in [0.2, 0.25) is 0 Å². The van der Waals surface area contributed by atoms with E-state index in [2.05, 4.69) is 15.3 Å². The van der Waals surface area contributed by atoms with Gasteiger partial charge in [-0.15, -0.1) is 0 Å². The second-order valence-corrected chi connectivity index (χ2v) is 5.43. The summed E-state index contributed by atoms with van der Waals surface area (Å²) in [5.74, 6) is 0.590. The molecule has 0 aliphatic carbocycles. The Balaban J connectivity index is 1.51. The Morgan fingerprint density at radius 1 is 1.13 bits per heavy atom. The molecule has 23 heavy (non-hydrogen) atoms. The van der Waals surface area contributed by atoms with Gasteiger partial charge in [0.05, 0.1) is 12.6 Å². The van der Waals surface area contributed by atoms with Crippen LogP contribution in [-0.4, -0.2) is 35.3 Å². The van der Waals surface area contributed by atoms with Gasteiger partial charge in [0.1, 0.15) is 11.6 Å². The Labute approximate surface area is 133 Å². The number of fused-ring (bicyclic) bond motifs is 1. The fourth-order valence-electron chi connectivity index (χ4n) is 2.66. The molecule has 0 saturated carbocycles. The van der Waals surface area contributed by atoms with Gasteiger partial charge in [-0.2, -0.15) is 4.98 Å². The van der Waals surface area contributed by atoms with Crippen molar-refractivity contribution in [3.05, 3.63) is 48.7 Å². The molecule has 0 spiro atoms. The van der Waals surface area contributed by atoms with E-state index in [4.69, 9.17) is 13.9 Å². The van der Waals surface area contributed by atoms with Crippen LogP contribution in [0.3, 0.4) is 0 Å². The average Bonchev–Trinajstić information content (AvgIpc) is 3.00. The molecule has 0 unspecified atom stereocenters. The SMILES string of the molecule is c1ccc(O[C@@H]2COCC[C@H]2Nc2nc3ccccc3o2)nc1. The Hall–Kier alpha value is -2.60. The van der Waals surface area contributed by atoms with E-state index in [0.717, 1.165) is 17.5 Å². The highest BCUT2D eigenvalue weighted by molar-refractivity contribution is 5.74. The molecule has 3 heterocycles. The summed E-state index contributed by atoms with van der Waals surface area (Å²) in [5.41, 5.74) is 1.61. The van der Waals surface area contributed by atoms with Crippen LogP contribution < -0.4 is 10.1 Å². The van der Waals surface area contributed by atoms with Crippen LogP contribution in [0.1, 0.15) is 6.42 Å². The van der Waals surface area contributed by atoms with E-state index < -0.39 is 0 Å². The second-order valence-electron chi connectivity index (χ2n) is 5.43. The highest BCUT2D eigenvalue weighted by Gasteiger charge is 2.29. The van der Waals surface area contributed by atoms with Crippen molar-refractivity contribution in [3.8, 4) is 5.88 Å². The third kappa shape index (κ3) is 3.12. The number of nitrogens with zero attached hydrogens (tertiary/aromatic N) is 2. The van der Waals surface area contributed by atoms with Crippen LogP contribution in [0, 0.1) is 0 Å². The lowest BCUT2D eigenvalue weighted by Crippen LogP contribution is -2.45. The highest BCUT2D eigenvalue weighted by atomic mass is 16.5. The maximum atomic E-state index is 5.95. The number of nitrogens with one attached hydrogen (secondary N) is 1. The smallest absolute Gasteiger partial charge is 0.296 e. The van der Waals surface area contributed by atoms with E-state index in [0.29, 0.717) is 25.1 Å². The van der Waals surface area contributed by atoms with Crippen molar-refractivity contribution in [2.45, 2.75) is 18.6 Å². The third-order valence-corrected chi connectivity index (χ3v) is 3.82. The summed E-state index contributed by atoms with van der Waals surface area (Å²) in [7, 11) is 0. The zero-order valence-corrected chi connectivity index (χ0v) is 12.5. The summed E-state index contributed by atoms with van der Waals surface area (Å²) in [6, 6.07) is 13.9. The normalized spacial score (nSPS) is 21.2. The van der Waals surface area contributed by atoms with Gasteiger partial charge < -0.3 is 19.2 Å². The second kappa shape index (κ2) is 6.26. The van der Waals surface area contributed by atoms with Crippen LogP contribution in [0.5, 0.6) is 5.88 Å². The summed E-state index contributed by atoms with van der Waals surface area (Å²) in [6.07, 6.45) is 2.38. The van der Waals surface area contributed by atoms with Crippen molar-refractivity contribution in [3.63, 3.8) is 0 Å². The maximum Gasteiger partial charge on any atom is 0.296 e. The maximum absolute atomic E-state index is 5.95. The number of rotatable bonds is 4. The first-order chi connectivity index (χ1) is 11.4. The number of pyridine rings is 1. The Kier molecular flexibility index (Phi) is 3.81. The number of oxazole rings is 1. The van der Waals surface area contributed by atoms with E-state index in [1.54, 1.807) is 6.20 Å². The number of benzene rings is 1. The molecule has 0 bridgehead atoms. The lowest BCUT2D eigenvalue weighted by Gasteiger charge is -2.31. The molecule has 1 aromatic carbocycles. The standard InChI is InChI=1S/C17H17N3O3/c1-2-6-14-12(5-1)19-17(23-14)20-13-8-10-21-11-15(13)22-16-7-3-4-9-18-16/h1-7,9,13,15H,8,10-11H2,(H,19,20)/t13-,15-/m1/s1. The molecule has 118 valence electrons. The van der Waals surface area contributed by atoms with Gasteiger partial charge in [-0.3, -0.25) is 0 Å². The molecule has 0 amide bonds. The molecule has 1 aliphatic heterocycles. The van der Waals surface area contributed by atoms with E-state index in [-0.39, 0.29) is 12.1 Å². The molecule has 2 aromatic heterocycles. The molecule has 4 rings (SSSR count). The lowest BCUT2D eigenvalue weighted by atomic mass is 10.1. The number of anilines is 1. The van der Waals surface area contributed by atoms with E-state index in [1.807, 2.05) is 42.5 Å². The van der Waals surface area contributed by atoms with Crippen molar-refractivity contribution in [2.75, 3.05) is 18.5 Å². The van der Waals surface area contributed by atoms with Gasteiger partial charge in [0.2, 0.25) is 5.88 Å². The molecule has 1 aliphatic rings. The number of aromatic nitrogens is 2. The summed E-state index contributed by atoms with van der Waals surface area (Å²) in [4.78, 5) is 8.66. The summed E-state index contributed by atoms with van der Waals surface area (Å²) in [6.45, 7) is 1.19. The van der Waals surface area contributed by atoms with E-state index >= 15 is 0 Å². The lowest BCUT2D eigenvalue weighted by molar-refractivity contribution is -0.00290. The zero-order valence-electron chi connectivity index (χ0n) is 12.5. The predicted molar refractivity (Wildman–Crippen MR) is 85.5 cm³/mol. The fraction of sp³-hybridized carbons (Fsp3) is 0.294. The Morgan fingerprint density at radius 3 is 2.91 bits per heavy atom. The molecule has 1 N–H and O–H groups in total. The third-order valence-electron chi connectivity index (χ3n) is 3.82. The van der Waals surface area contributed by atoms with Crippen LogP contribution in [0.4, 0.5) is 6.01 Å². The molecule has 6 nitrogen and oxygen atoms in total. The number of hydrogen-bond acceptors (Lipinski definition) is 6. The molecular weight excluding hydrogens is 294 g/mol. The largest absolute Gasteiger partial charge is 0.470 e. The molecular formula is C17H17N3O3. The number of para-hydroxylation sites is 2. The summed E-state index contributed by atoms with van der Waals surface area (Å²) in [5, 5.41) is 3.33. The summed E-state index contributed by atoms with van der Waals surface area (Å²) < 4.78 is 17.2. The Bertz CT molecular complexity index is 742. The average molecular weight is 311 g/mol. The molecule has 0 radical (unpaired) electrons. The van der Waals surface area contributed by atoms with Gasteiger partial charge in [0.15, 0.2) is 5.58 Å². The quantitative estimate of drug-likeness (QED) is 0.799.